The summed E-state index contributed by atoms with van der Waals surface area (Å²) in [5, 5.41) is -2.96. The molecule has 188 valence electrons. The lowest BCUT2D eigenvalue weighted by Crippen LogP contribution is -1.91. The molecule has 8 aromatic rings. The van der Waals surface area contributed by atoms with Crippen molar-refractivity contribution in [2.45, 2.75) is 6.92 Å². The standard InChI is InChI=1S/C39H26O/c1-25-16-19-34-35(22-25)39(33-15-9-8-14-32(33)38(34)27-12-6-3-7-13-27)29-18-21-31-30-20-17-28(26-10-4-2-5-11-26)23-36(30)40-37(31)24-29/h2-24H,1H3/i2D,3D,4D,5D,6D,7D,8D,9D,10D,11D,12D,13D,14D,15D,16D,17D,18D,19D,20D,21D,22D,23D,24D. The third-order valence-corrected chi connectivity index (χ3v) is 6.39. The van der Waals surface area contributed by atoms with Gasteiger partial charge in [-0.15, -0.1) is 0 Å². The molecule has 0 amide bonds. The molecular weight excluding hydrogens is 484 g/mol. The van der Waals surface area contributed by atoms with Crippen molar-refractivity contribution in [3.63, 3.8) is 0 Å². The number of hydrogen-bond acceptors (Lipinski definition) is 1. The van der Waals surface area contributed by atoms with Crippen LogP contribution in [0.15, 0.2) is 143 Å². The van der Waals surface area contributed by atoms with Crippen molar-refractivity contribution in [1.82, 2.24) is 0 Å². The van der Waals surface area contributed by atoms with Gasteiger partial charge in [-0.1, -0.05) is 120 Å². The Hall–Kier alpha value is -5.14. The van der Waals surface area contributed by atoms with E-state index in [1.54, 1.807) is 0 Å². The first-order valence-corrected chi connectivity index (χ1v) is 11.9. The first kappa shape index (κ1) is 9.50. The molecule has 1 nitrogen and oxygen atoms in total. The van der Waals surface area contributed by atoms with Gasteiger partial charge < -0.3 is 4.42 Å². The predicted molar refractivity (Wildman–Crippen MR) is 170 cm³/mol. The molecule has 1 aromatic heterocycles. The molecule has 0 N–H and O–H groups in total. The lowest BCUT2D eigenvalue weighted by Gasteiger charge is -2.18. The minimum absolute atomic E-state index is 0.171. The SMILES string of the molecule is [2H]c1c([2H])c([2H])c(-c2c([2H])c([2H])c3c(oc4c([2H])c(-c5c6c([2H])c([2H])c([2H])c([2H])c6c(-c6c([2H])c([2H])c([2H])c([2H])c6[2H])c6c([2H])c([2H])c(C)c([2H])c56)c([2H])c([2H])c43)c2[2H])c([2H])c1[2H]. The molecule has 0 atom stereocenters. The Balaban J connectivity index is 1.66. The van der Waals surface area contributed by atoms with E-state index in [9.17, 15) is 9.60 Å². The maximum atomic E-state index is 9.60. The summed E-state index contributed by atoms with van der Waals surface area (Å²) in [7, 11) is 0. The van der Waals surface area contributed by atoms with E-state index in [-0.39, 0.29) is 5.56 Å². The molecule has 1 heterocycles. The highest BCUT2D eigenvalue weighted by molar-refractivity contribution is 6.22. The third-order valence-electron chi connectivity index (χ3n) is 6.39. The summed E-state index contributed by atoms with van der Waals surface area (Å²) in [5.41, 5.74) is -4.89. The smallest absolute Gasteiger partial charge is 0.136 e. The topological polar surface area (TPSA) is 13.1 Å². The highest BCUT2D eigenvalue weighted by atomic mass is 16.3. The van der Waals surface area contributed by atoms with E-state index in [0.717, 1.165) is 0 Å². The van der Waals surface area contributed by atoms with Crippen LogP contribution in [-0.4, -0.2) is 0 Å². The van der Waals surface area contributed by atoms with E-state index in [4.69, 9.17) is 26.3 Å². The van der Waals surface area contributed by atoms with Crippen LogP contribution in [0.2, 0.25) is 0 Å². The Morgan fingerprint density at radius 2 is 0.900 bits per heavy atom. The van der Waals surface area contributed by atoms with Gasteiger partial charge >= 0.3 is 0 Å². The lowest BCUT2D eigenvalue weighted by atomic mass is 9.85. The number of hydrogen-bond donors (Lipinski definition) is 0. The van der Waals surface area contributed by atoms with Crippen LogP contribution < -0.4 is 0 Å². The zero-order chi connectivity index (χ0) is 46.6. The quantitative estimate of drug-likeness (QED) is 0.206. The van der Waals surface area contributed by atoms with Gasteiger partial charge in [0.2, 0.25) is 0 Å². The van der Waals surface area contributed by atoms with Crippen LogP contribution in [0.4, 0.5) is 0 Å². The zero-order valence-corrected chi connectivity index (χ0v) is 20.4. The first-order valence-electron chi connectivity index (χ1n) is 23.4. The average molecular weight is 534 g/mol. The average Bonchev–Trinajstić information content (AvgIpc) is 3.67. The van der Waals surface area contributed by atoms with Gasteiger partial charge in [-0.2, -0.15) is 0 Å². The third kappa shape index (κ3) is 3.56. The summed E-state index contributed by atoms with van der Waals surface area (Å²) in [6, 6.07) is -18.3. The van der Waals surface area contributed by atoms with Crippen molar-refractivity contribution in [2.75, 3.05) is 0 Å². The molecule has 0 spiro atoms. The van der Waals surface area contributed by atoms with Gasteiger partial charge in [-0.25, -0.2) is 0 Å². The maximum absolute atomic E-state index is 9.60. The molecule has 0 aliphatic heterocycles. The summed E-state index contributed by atoms with van der Waals surface area (Å²) in [4.78, 5) is 0. The zero-order valence-electron chi connectivity index (χ0n) is 43.4. The molecule has 0 saturated carbocycles. The predicted octanol–water partition coefficient (Wildman–Crippen LogP) is 11.2. The van der Waals surface area contributed by atoms with Gasteiger partial charge in [-0.05, 0) is 86.0 Å². The Labute approximate surface area is 265 Å². The molecular formula is C39H26O. The van der Waals surface area contributed by atoms with E-state index < -0.39 is 216 Å². The van der Waals surface area contributed by atoms with Crippen LogP contribution in [0.3, 0.4) is 0 Å². The van der Waals surface area contributed by atoms with E-state index in [1.165, 1.54) is 6.92 Å². The van der Waals surface area contributed by atoms with Crippen LogP contribution in [-0.2, 0) is 0 Å². The second-order valence-corrected chi connectivity index (χ2v) is 8.76. The van der Waals surface area contributed by atoms with Gasteiger partial charge in [0.25, 0.3) is 0 Å². The highest BCUT2D eigenvalue weighted by Crippen LogP contribution is 2.45. The van der Waals surface area contributed by atoms with Crippen LogP contribution in [0.1, 0.15) is 37.1 Å². The monoisotopic (exact) mass is 533 g/mol. The fourth-order valence-corrected chi connectivity index (χ4v) is 4.70. The van der Waals surface area contributed by atoms with Crippen LogP contribution in [0.5, 0.6) is 0 Å². The molecule has 0 saturated heterocycles. The van der Waals surface area contributed by atoms with Crippen molar-refractivity contribution >= 4 is 43.5 Å². The largest absolute Gasteiger partial charge is 0.456 e. The summed E-state index contributed by atoms with van der Waals surface area (Å²) in [6.45, 7) is 1.29. The van der Waals surface area contributed by atoms with Crippen molar-refractivity contribution in [3.05, 3.63) is 145 Å². The minimum Gasteiger partial charge on any atom is -0.456 e. The van der Waals surface area contributed by atoms with Gasteiger partial charge in [-0.3, -0.25) is 0 Å². The first-order chi connectivity index (χ1) is 29.3. The van der Waals surface area contributed by atoms with Gasteiger partial charge in [0.15, 0.2) is 0 Å². The second kappa shape index (κ2) is 8.97. The van der Waals surface area contributed by atoms with Crippen molar-refractivity contribution < 1.29 is 35.9 Å². The van der Waals surface area contributed by atoms with Crippen LogP contribution in [0.25, 0.3) is 76.9 Å². The van der Waals surface area contributed by atoms with Crippen LogP contribution >= 0.6 is 0 Å². The fourth-order valence-electron chi connectivity index (χ4n) is 4.70. The number of rotatable bonds is 3. The number of furan rings is 1. The Morgan fingerprint density at radius 1 is 0.400 bits per heavy atom. The Bertz CT molecular complexity index is 3360. The highest BCUT2D eigenvalue weighted by Gasteiger charge is 2.18. The fraction of sp³-hybridized carbons (Fsp3) is 0.0256. The summed E-state index contributed by atoms with van der Waals surface area (Å²) in [5.74, 6) is 0. The van der Waals surface area contributed by atoms with Gasteiger partial charge in [0.05, 0.1) is 31.5 Å². The summed E-state index contributed by atoms with van der Waals surface area (Å²) in [6.07, 6.45) is 0. The summed E-state index contributed by atoms with van der Waals surface area (Å²) < 4.78 is 209. The molecule has 0 unspecified atom stereocenters. The summed E-state index contributed by atoms with van der Waals surface area (Å²) >= 11 is 0. The Morgan fingerprint density at radius 3 is 1.57 bits per heavy atom. The maximum Gasteiger partial charge on any atom is 0.136 e. The molecule has 0 bridgehead atoms. The molecule has 0 aliphatic rings. The van der Waals surface area contributed by atoms with Crippen molar-refractivity contribution in [1.29, 1.82) is 0 Å². The second-order valence-electron chi connectivity index (χ2n) is 8.76. The molecule has 0 aliphatic carbocycles. The normalized spacial score (nSPS) is 19.7. The van der Waals surface area contributed by atoms with Gasteiger partial charge in [0.1, 0.15) is 11.2 Å². The minimum atomic E-state index is -0.875. The van der Waals surface area contributed by atoms with Gasteiger partial charge in [0, 0.05) is 10.8 Å². The number of benzene rings is 7. The van der Waals surface area contributed by atoms with Crippen molar-refractivity contribution in [2.24, 2.45) is 0 Å². The molecule has 1 heteroatoms. The van der Waals surface area contributed by atoms with E-state index in [2.05, 4.69) is 0 Å². The van der Waals surface area contributed by atoms with Crippen LogP contribution in [0, 0.1) is 6.92 Å². The molecule has 40 heavy (non-hydrogen) atoms. The molecule has 7 aromatic carbocycles. The number of fused-ring (bicyclic) bond motifs is 5. The molecule has 8 rings (SSSR count). The van der Waals surface area contributed by atoms with E-state index in [0.29, 0.717) is 0 Å². The van der Waals surface area contributed by atoms with Crippen molar-refractivity contribution in [3.8, 4) is 33.4 Å². The molecule has 0 fully saturated rings. The van der Waals surface area contributed by atoms with E-state index >= 15 is 0 Å². The van der Waals surface area contributed by atoms with E-state index in [1.807, 2.05) is 0 Å². The lowest BCUT2D eigenvalue weighted by molar-refractivity contribution is 0.669. The molecule has 0 radical (unpaired) electrons. The Kier molecular flexibility index (Phi) is 2.13.